The van der Waals surface area contributed by atoms with Crippen LogP contribution in [0.1, 0.15) is 19.4 Å². The highest BCUT2D eigenvalue weighted by Crippen LogP contribution is 2.16. The Morgan fingerprint density at radius 3 is 2.40 bits per heavy atom. The number of rotatable bonds is 3. The third kappa shape index (κ3) is 3.83. The van der Waals surface area contributed by atoms with E-state index in [1.54, 1.807) is 36.0 Å². The highest BCUT2D eigenvalue weighted by molar-refractivity contribution is 8.14. The Kier molecular flexibility index (Phi) is 4.49. The molecule has 0 amide bonds. The lowest BCUT2D eigenvalue weighted by Gasteiger charge is -2.15. The van der Waals surface area contributed by atoms with Gasteiger partial charge in [0.05, 0.1) is 10.6 Å². The Morgan fingerprint density at radius 2 is 1.95 bits per heavy atom. The van der Waals surface area contributed by atoms with E-state index in [1.165, 1.54) is 6.26 Å². The molecule has 0 spiro atoms. The van der Waals surface area contributed by atoms with E-state index in [0.29, 0.717) is 4.90 Å². The maximum atomic E-state index is 11.4. The summed E-state index contributed by atoms with van der Waals surface area (Å²) in [6.45, 7) is 4.02. The molecule has 1 aliphatic heterocycles. The molecule has 7 heteroatoms. The van der Waals surface area contributed by atoms with Crippen LogP contribution in [0.5, 0.6) is 0 Å². The van der Waals surface area contributed by atoms with Crippen molar-refractivity contribution in [1.29, 1.82) is 0 Å². The minimum atomic E-state index is -3.15. The molecule has 1 aromatic rings. The van der Waals surface area contributed by atoms with Gasteiger partial charge in [0, 0.05) is 18.1 Å². The van der Waals surface area contributed by atoms with E-state index in [4.69, 9.17) is 0 Å². The topological polar surface area (TPSA) is 70.9 Å². The number of benzene rings is 1. The van der Waals surface area contributed by atoms with Crippen molar-refractivity contribution in [1.82, 2.24) is 5.43 Å². The van der Waals surface area contributed by atoms with Gasteiger partial charge in [-0.1, -0.05) is 23.9 Å². The summed E-state index contributed by atoms with van der Waals surface area (Å²) < 4.78 is 22.8. The molecule has 0 aromatic heterocycles. The Hall–Kier alpha value is -1.34. The van der Waals surface area contributed by atoms with Crippen molar-refractivity contribution in [3.63, 3.8) is 0 Å². The second kappa shape index (κ2) is 5.97. The molecule has 1 N–H and O–H groups in total. The molecule has 0 radical (unpaired) electrons. The van der Waals surface area contributed by atoms with Crippen molar-refractivity contribution >= 4 is 32.5 Å². The summed E-state index contributed by atoms with van der Waals surface area (Å²) in [5.41, 5.74) is 4.73. The van der Waals surface area contributed by atoms with E-state index in [-0.39, 0.29) is 6.04 Å². The van der Waals surface area contributed by atoms with Crippen LogP contribution in [0.25, 0.3) is 0 Å². The molecule has 1 aromatic carbocycles. The molecule has 0 fully saturated rings. The van der Waals surface area contributed by atoms with Crippen molar-refractivity contribution < 1.29 is 8.42 Å². The lowest BCUT2D eigenvalue weighted by atomic mass is 10.1. The largest absolute Gasteiger partial charge is 0.258 e. The summed E-state index contributed by atoms with van der Waals surface area (Å²) in [6, 6.07) is 7.01. The van der Waals surface area contributed by atoms with E-state index in [2.05, 4.69) is 15.5 Å². The van der Waals surface area contributed by atoms with E-state index in [0.717, 1.165) is 22.2 Å². The van der Waals surface area contributed by atoms with E-state index >= 15 is 0 Å². The average molecular weight is 311 g/mol. The molecule has 0 saturated heterocycles. The predicted molar refractivity (Wildman–Crippen MR) is 84.3 cm³/mol. The van der Waals surface area contributed by atoms with Gasteiger partial charge in [-0.15, -0.1) is 0 Å². The molecule has 1 heterocycles. The smallest absolute Gasteiger partial charge is 0.177 e. The third-order valence-electron chi connectivity index (χ3n) is 2.62. The normalized spacial score (nSPS) is 18.0. The minimum Gasteiger partial charge on any atom is -0.258 e. The molecular formula is C13H17N3O2S2. The van der Waals surface area contributed by atoms with Crippen LogP contribution in [0.15, 0.2) is 39.3 Å². The molecule has 5 nitrogen and oxygen atoms in total. The molecule has 0 aliphatic carbocycles. The van der Waals surface area contributed by atoms with E-state index in [9.17, 15) is 8.42 Å². The first kappa shape index (κ1) is 15.1. The standard InChI is InChI=1S/C13H17N3O2S2/c1-9(2)14-13-16-15-12(8-19-13)10-4-6-11(7-5-10)20(3,17)18/h4-7,9H,8H2,1-3H3,(H,14,16). The quantitative estimate of drug-likeness (QED) is 0.925. The predicted octanol–water partition coefficient (Wildman–Crippen LogP) is 1.90. The van der Waals surface area contributed by atoms with Crippen molar-refractivity contribution in [3.8, 4) is 0 Å². The van der Waals surface area contributed by atoms with Crippen LogP contribution in [0.4, 0.5) is 0 Å². The molecule has 20 heavy (non-hydrogen) atoms. The van der Waals surface area contributed by atoms with Crippen LogP contribution in [0, 0.1) is 0 Å². The van der Waals surface area contributed by atoms with E-state index < -0.39 is 9.84 Å². The fourth-order valence-electron chi connectivity index (χ4n) is 1.66. The molecule has 108 valence electrons. The first-order valence-corrected chi connectivity index (χ1v) is 9.07. The highest BCUT2D eigenvalue weighted by atomic mass is 32.2. The summed E-state index contributed by atoms with van der Waals surface area (Å²) in [5.74, 6) is 0.719. The van der Waals surface area contributed by atoms with Gasteiger partial charge in [-0.3, -0.25) is 10.4 Å². The highest BCUT2D eigenvalue weighted by Gasteiger charge is 2.14. The number of aliphatic imine (C=N–C) groups is 1. The van der Waals surface area contributed by atoms with Gasteiger partial charge in [0.15, 0.2) is 15.0 Å². The van der Waals surface area contributed by atoms with Crippen LogP contribution in [0.3, 0.4) is 0 Å². The maximum absolute atomic E-state index is 11.4. The molecule has 0 saturated carbocycles. The van der Waals surface area contributed by atoms with E-state index in [1.807, 2.05) is 13.8 Å². The number of nitrogens with one attached hydrogen (secondary N) is 1. The van der Waals surface area contributed by atoms with Gasteiger partial charge in [0.25, 0.3) is 0 Å². The zero-order chi connectivity index (χ0) is 14.8. The second-order valence-electron chi connectivity index (χ2n) is 4.78. The Balaban J connectivity index is 2.16. The fraction of sp³-hybridized carbons (Fsp3) is 0.385. The molecular weight excluding hydrogens is 294 g/mol. The molecule has 0 unspecified atom stereocenters. The van der Waals surface area contributed by atoms with Gasteiger partial charge >= 0.3 is 0 Å². The van der Waals surface area contributed by atoms with Gasteiger partial charge in [-0.05, 0) is 31.5 Å². The average Bonchev–Trinajstić information content (AvgIpc) is 2.38. The maximum Gasteiger partial charge on any atom is 0.177 e. The summed E-state index contributed by atoms with van der Waals surface area (Å²) in [6.07, 6.45) is 1.20. The number of thioether (sulfide) groups is 1. The number of sulfone groups is 1. The summed E-state index contributed by atoms with van der Waals surface area (Å²) >= 11 is 1.59. The minimum absolute atomic E-state index is 0.232. The van der Waals surface area contributed by atoms with Crippen LogP contribution >= 0.6 is 11.8 Å². The van der Waals surface area contributed by atoms with Crippen LogP contribution < -0.4 is 5.43 Å². The van der Waals surface area contributed by atoms with Gasteiger partial charge < -0.3 is 0 Å². The Morgan fingerprint density at radius 1 is 1.30 bits per heavy atom. The first-order valence-electron chi connectivity index (χ1n) is 6.20. The monoisotopic (exact) mass is 311 g/mol. The van der Waals surface area contributed by atoms with Gasteiger partial charge in [0.1, 0.15) is 0 Å². The number of nitrogens with zero attached hydrogens (tertiary/aromatic N) is 2. The summed E-state index contributed by atoms with van der Waals surface area (Å²) in [7, 11) is -3.15. The number of hydrazone groups is 1. The molecule has 0 atom stereocenters. The zero-order valence-electron chi connectivity index (χ0n) is 11.6. The fourth-order valence-corrected chi connectivity index (χ4v) is 3.19. The lowest BCUT2D eigenvalue weighted by Crippen LogP contribution is -2.26. The second-order valence-corrected chi connectivity index (χ2v) is 7.76. The Labute approximate surface area is 123 Å². The van der Waals surface area contributed by atoms with Crippen LogP contribution in [-0.2, 0) is 9.84 Å². The molecule has 2 rings (SSSR count). The SMILES string of the molecule is CC(C)N=C1NN=C(c2ccc(S(C)(=O)=O)cc2)CS1. The van der Waals surface area contributed by atoms with Crippen molar-refractivity contribution in [2.75, 3.05) is 12.0 Å². The van der Waals surface area contributed by atoms with Crippen molar-refractivity contribution in [3.05, 3.63) is 29.8 Å². The van der Waals surface area contributed by atoms with Gasteiger partial charge in [-0.2, -0.15) is 5.10 Å². The summed E-state index contributed by atoms with van der Waals surface area (Å²) in [4.78, 5) is 4.71. The number of hydrogen-bond acceptors (Lipinski definition) is 5. The first-order chi connectivity index (χ1) is 9.36. The summed E-state index contributed by atoms with van der Waals surface area (Å²) in [5, 5.41) is 5.11. The van der Waals surface area contributed by atoms with Crippen molar-refractivity contribution in [2.45, 2.75) is 24.8 Å². The molecule has 1 aliphatic rings. The van der Waals surface area contributed by atoms with Crippen molar-refractivity contribution in [2.24, 2.45) is 10.1 Å². The van der Waals surface area contributed by atoms with Gasteiger partial charge in [0.2, 0.25) is 0 Å². The van der Waals surface area contributed by atoms with Crippen LogP contribution in [-0.4, -0.2) is 37.3 Å². The zero-order valence-corrected chi connectivity index (χ0v) is 13.3. The Bertz CT molecular complexity index is 647. The number of hydrogen-bond donors (Lipinski definition) is 1. The van der Waals surface area contributed by atoms with Crippen LogP contribution in [0.2, 0.25) is 0 Å². The molecule has 0 bridgehead atoms. The third-order valence-corrected chi connectivity index (χ3v) is 4.64. The van der Waals surface area contributed by atoms with Gasteiger partial charge in [-0.25, -0.2) is 8.42 Å². The number of amidine groups is 1. The lowest BCUT2D eigenvalue weighted by molar-refractivity contribution is 0.602.